The standard InChI is InChI=1S/C28H30N2OS2/c1-3-4-5-6-9-18-32-28-29-26-24(27(31)30(28)21-15-12-19(2)13-16-21)23-17-14-20-10-7-8-11-22(20)25(23)33-26/h7-8,10-13,15-16H,3-6,9,14,17-18H2,1-2H3. The molecule has 0 amide bonds. The van der Waals surface area contributed by atoms with E-state index in [1.165, 1.54) is 52.8 Å². The third-order valence-electron chi connectivity index (χ3n) is 6.47. The fourth-order valence-electron chi connectivity index (χ4n) is 4.65. The number of benzene rings is 2. The quantitative estimate of drug-likeness (QED) is 0.150. The van der Waals surface area contributed by atoms with Crippen LogP contribution in [0, 0.1) is 6.92 Å². The zero-order valence-electron chi connectivity index (χ0n) is 19.4. The highest BCUT2D eigenvalue weighted by Crippen LogP contribution is 2.42. The Hall–Kier alpha value is -2.37. The predicted octanol–water partition coefficient (Wildman–Crippen LogP) is 7.58. The van der Waals surface area contributed by atoms with Crippen LogP contribution in [0.15, 0.2) is 58.5 Å². The first kappa shape index (κ1) is 22.4. The minimum Gasteiger partial charge on any atom is -0.268 e. The number of thioether (sulfide) groups is 1. The molecule has 2 aromatic carbocycles. The summed E-state index contributed by atoms with van der Waals surface area (Å²) < 4.78 is 1.85. The molecule has 2 aromatic heterocycles. The van der Waals surface area contributed by atoms with E-state index < -0.39 is 0 Å². The molecule has 0 spiro atoms. The summed E-state index contributed by atoms with van der Waals surface area (Å²) in [5.41, 5.74) is 6.00. The van der Waals surface area contributed by atoms with Gasteiger partial charge in [-0.2, -0.15) is 0 Å². The second kappa shape index (κ2) is 9.86. The second-order valence-electron chi connectivity index (χ2n) is 8.88. The van der Waals surface area contributed by atoms with E-state index in [0.29, 0.717) is 0 Å². The lowest BCUT2D eigenvalue weighted by atomic mass is 9.90. The summed E-state index contributed by atoms with van der Waals surface area (Å²) in [5.74, 6) is 0.988. The van der Waals surface area contributed by atoms with Gasteiger partial charge >= 0.3 is 0 Å². The summed E-state index contributed by atoms with van der Waals surface area (Å²) in [4.78, 5) is 21.2. The van der Waals surface area contributed by atoms with Crippen LogP contribution >= 0.6 is 23.1 Å². The van der Waals surface area contributed by atoms with Gasteiger partial charge in [-0.15, -0.1) is 11.3 Å². The molecule has 0 aliphatic heterocycles. The van der Waals surface area contributed by atoms with Gasteiger partial charge in [0.2, 0.25) is 0 Å². The smallest absolute Gasteiger partial charge is 0.267 e. The summed E-state index contributed by atoms with van der Waals surface area (Å²) in [6.45, 7) is 4.32. The molecule has 2 heterocycles. The van der Waals surface area contributed by atoms with E-state index in [9.17, 15) is 4.79 Å². The lowest BCUT2D eigenvalue weighted by Crippen LogP contribution is -2.22. The van der Waals surface area contributed by atoms with Gasteiger partial charge in [-0.05, 0) is 55.0 Å². The van der Waals surface area contributed by atoms with Crippen molar-refractivity contribution >= 4 is 33.3 Å². The number of hydrogen-bond donors (Lipinski definition) is 0. The van der Waals surface area contributed by atoms with Crippen molar-refractivity contribution < 1.29 is 0 Å². The molecule has 0 saturated heterocycles. The van der Waals surface area contributed by atoms with Crippen LogP contribution < -0.4 is 5.56 Å². The Morgan fingerprint density at radius 2 is 1.79 bits per heavy atom. The van der Waals surface area contributed by atoms with Gasteiger partial charge in [0.1, 0.15) is 4.83 Å². The van der Waals surface area contributed by atoms with Gasteiger partial charge < -0.3 is 0 Å². The van der Waals surface area contributed by atoms with Crippen molar-refractivity contribution in [3.05, 3.63) is 75.6 Å². The summed E-state index contributed by atoms with van der Waals surface area (Å²) in [6, 6.07) is 16.8. The largest absolute Gasteiger partial charge is 0.268 e. The van der Waals surface area contributed by atoms with Crippen molar-refractivity contribution in [2.24, 2.45) is 0 Å². The molecule has 1 aliphatic carbocycles. The van der Waals surface area contributed by atoms with E-state index >= 15 is 0 Å². The number of nitrogens with zero attached hydrogens (tertiary/aromatic N) is 2. The van der Waals surface area contributed by atoms with Crippen LogP contribution in [0.3, 0.4) is 0 Å². The molecule has 5 heteroatoms. The van der Waals surface area contributed by atoms with Crippen LogP contribution in [0.1, 0.15) is 55.7 Å². The Labute approximate surface area is 203 Å². The van der Waals surface area contributed by atoms with E-state index in [1.54, 1.807) is 23.1 Å². The maximum Gasteiger partial charge on any atom is 0.267 e. The van der Waals surface area contributed by atoms with Crippen molar-refractivity contribution in [2.45, 2.75) is 63.9 Å². The minimum atomic E-state index is 0.0780. The van der Waals surface area contributed by atoms with E-state index in [0.717, 1.165) is 46.1 Å². The Bertz CT molecular complexity index is 1330. The van der Waals surface area contributed by atoms with Crippen molar-refractivity contribution in [3.63, 3.8) is 0 Å². The molecule has 0 N–H and O–H groups in total. The van der Waals surface area contributed by atoms with Crippen LogP contribution in [0.2, 0.25) is 0 Å². The van der Waals surface area contributed by atoms with Gasteiger partial charge in [-0.3, -0.25) is 9.36 Å². The highest BCUT2D eigenvalue weighted by molar-refractivity contribution is 7.99. The van der Waals surface area contributed by atoms with Gasteiger partial charge in [0.25, 0.3) is 5.56 Å². The van der Waals surface area contributed by atoms with Crippen molar-refractivity contribution in [3.8, 4) is 16.1 Å². The number of aromatic nitrogens is 2. The molecule has 0 bridgehead atoms. The van der Waals surface area contributed by atoms with Crippen LogP contribution in [-0.4, -0.2) is 15.3 Å². The van der Waals surface area contributed by atoms with E-state index in [1.807, 2.05) is 16.7 Å². The maximum atomic E-state index is 14.0. The second-order valence-corrected chi connectivity index (χ2v) is 10.9. The molecule has 1 aliphatic rings. The first-order valence-electron chi connectivity index (χ1n) is 12.0. The average Bonchev–Trinajstić information content (AvgIpc) is 3.21. The highest BCUT2D eigenvalue weighted by Gasteiger charge is 2.25. The van der Waals surface area contributed by atoms with Crippen LogP contribution in [0.25, 0.3) is 26.3 Å². The average molecular weight is 475 g/mol. The molecular formula is C28H30N2OS2. The monoisotopic (exact) mass is 474 g/mol. The third-order valence-corrected chi connectivity index (χ3v) is 8.66. The van der Waals surface area contributed by atoms with Crippen molar-refractivity contribution in [1.82, 2.24) is 9.55 Å². The van der Waals surface area contributed by atoms with E-state index in [-0.39, 0.29) is 5.56 Å². The molecule has 0 radical (unpaired) electrons. The Morgan fingerprint density at radius 1 is 1.00 bits per heavy atom. The van der Waals surface area contributed by atoms with Gasteiger partial charge in [-0.1, -0.05) is 86.3 Å². The highest BCUT2D eigenvalue weighted by atomic mass is 32.2. The molecule has 5 rings (SSSR count). The number of fused-ring (bicyclic) bond motifs is 5. The molecule has 0 fully saturated rings. The Kier molecular flexibility index (Phi) is 6.70. The third kappa shape index (κ3) is 4.41. The SMILES string of the molecule is CCCCCCCSc1nc2sc3c(c2c(=O)n1-c1ccc(C)cc1)CCc1ccccc1-3. The van der Waals surface area contributed by atoms with E-state index in [4.69, 9.17) is 4.98 Å². The predicted molar refractivity (Wildman–Crippen MR) is 142 cm³/mol. The molecule has 0 atom stereocenters. The molecule has 3 nitrogen and oxygen atoms in total. The molecule has 33 heavy (non-hydrogen) atoms. The topological polar surface area (TPSA) is 34.9 Å². The van der Waals surface area contributed by atoms with Gasteiger partial charge in [0, 0.05) is 10.6 Å². The fourth-order valence-corrected chi connectivity index (χ4v) is 6.99. The number of thiophene rings is 1. The normalized spacial score (nSPS) is 12.7. The van der Waals surface area contributed by atoms with Gasteiger partial charge in [0.15, 0.2) is 5.16 Å². The number of rotatable bonds is 8. The Balaban J connectivity index is 1.60. The van der Waals surface area contributed by atoms with Crippen LogP contribution in [-0.2, 0) is 12.8 Å². The summed E-state index contributed by atoms with van der Waals surface area (Å²) in [5, 5.41) is 1.64. The number of unbranched alkanes of at least 4 members (excludes halogenated alkanes) is 4. The van der Waals surface area contributed by atoms with Crippen molar-refractivity contribution in [2.75, 3.05) is 5.75 Å². The van der Waals surface area contributed by atoms with Crippen molar-refractivity contribution in [1.29, 1.82) is 0 Å². The van der Waals surface area contributed by atoms with Crippen LogP contribution in [0.5, 0.6) is 0 Å². The fraction of sp³-hybridized carbons (Fsp3) is 0.357. The molecule has 0 saturated carbocycles. The maximum absolute atomic E-state index is 14.0. The summed E-state index contributed by atoms with van der Waals surface area (Å²) in [7, 11) is 0. The molecule has 170 valence electrons. The number of aryl methyl sites for hydroxylation is 3. The lowest BCUT2D eigenvalue weighted by molar-refractivity contribution is 0.659. The Morgan fingerprint density at radius 3 is 2.61 bits per heavy atom. The zero-order chi connectivity index (χ0) is 22.8. The lowest BCUT2D eigenvalue weighted by Gasteiger charge is -2.16. The first-order chi connectivity index (χ1) is 16.2. The minimum absolute atomic E-state index is 0.0780. The zero-order valence-corrected chi connectivity index (χ0v) is 21.0. The molecule has 4 aromatic rings. The van der Waals surface area contributed by atoms with Gasteiger partial charge in [-0.25, -0.2) is 4.98 Å². The van der Waals surface area contributed by atoms with E-state index in [2.05, 4.69) is 50.2 Å². The molecule has 0 unspecified atom stereocenters. The summed E-state index contributed by atoms with van der Waals surface area (Å²) >= 11 is 3.41. The first-order valence-corrected chi connectivity index (χ1v) is 13.8. The summed E-state index contributed by atoms with van der Waals surface area (Å²) in [6.07, 6.45) is 8.11. The van der Waals surface area contributed by atoms with Crippen LogP contribution in [0.4, 0.5) is 0 Å². The van der Waals surface area contributed by atoms with Gasteiger partial charge in [0.05, 0.1) is 11.1 Å². The molecular weight excluding hydrogens is 444 g/mol. The number of hydrogen-bond acceptors (Lipinski definition) is 4.